The molecule has 0 aromatic heterocycles. The monoisotopic (exact) mass is 494 g/mol. The molecule has 0 heterocycles. The van der Waals surface area contributed by atoms with Crippen LogP contribution in [0.25, 0.3) is 0 Å². The molecule has 0 spiro atoms. The largest absolute Gasteiger partial charge is 0.491 e. The van der Waals surface area contributed by atoms with Gasteiger partial charge in [-0.05, 0) is 50.8 Å². The third kappa shape index (κ3) is 16.6. The Balaban J connectivity index is 1.89. The third-order valence-electron chi connectivity index (χ3n) is 6.13. The fourth-order valence-electron chi connectivity index (χ4n) is 3.33. The zero-order valence-corrected chi connectivity index (χ0v) is 22.8. The predicted molar refractivity (Wildman–Crippen MR) is 141 cm³/mol. The quantitative estimate of drug-likeness (QED) is 0.130. The summed E-state index contributed by atoms with van der Waals surface area (Å²) in [7, 11) is 0. The second kappa shape index (κ2) is 20.6. The molecule has 1 aromatic carbocycles. The molecule has 0 aliphatic heterocycles. The minimum absolute atomic E-state index is 0.184. The zero-order valence-electron chi connectivity index (χ0n) is 22.8. The molecule has 1 rings (SSSR count). The molecule has 0 aliphatic rings. The van der Waals surface area contributed by atoms with E-state index in [2.05, 4.69) is 19.1 Å². The van der Waals surface area contributed by atoms with Gasteiger partial charge in [-0.1, -0.05) is 64.5 Å². The fourth-order valence-corrected chi connectivity index (χ4v) is 3.33. The first kappa shape index (κ1) is 31.4. The highest BCUT2D eigenvalue weighted by Gasteiger charge is 2.26. The van der Waals surface area contributed by atoms with E-state index in [4.69, 9.17) is 23.7 Å². The van der Waals surface area contributed by atoms with Crippen LogP contribution in [0.4, 0.5) is 0 Å². The van der Waals surface area contributed by atoms with Crippen LogP contribution < -0.4 is 4.74 Å². The van der Waals surface area contributed by atoms with Gasteiger partial charge in [-0.15, -0.1) is 0 Å². The Morgan fingerprint density at radius 2 is 1.20 bits per heavy atom. The van der Waals surface area contributed by atoms with Gasteiger partial charge in [0.15, 0.2) is 0 Å². The number of hydrogen-bond donors (Lipinski definition) is 0. The first-order chi connectivity index (χ1) is 17.0. The molecule has 0 amide bonds. The maximum atomic E-state index is 11.8. The summed E-state index contributed by atoms with van der Waals surface area (Å²) in [6.07, 6.45) is 11.3. The first-order valence-electron chi connectivity index (χ1n) is 13.6. The Kier molecular flexibility index (Phi) is 18.4. The smallest absolute Gasteiger partial charge is 0.311 e. The lowest BCUT2D eigenvalue weighted by molar-refractivity contribution is -0.155. The van der Waals surface area contributed by atoms with Crippen molar-refractivity contribution >= 4 is 5.97 Å². The summed E-state index contributed by atoms with van der Waals surface area (Å²) in [5.74, 6) is 0.700. The van der Waals surface area contributed by atoms with Crippen molar-refractivity contribution in [3.05, 3.63) is 29.8 Å². The van der Waals surface area contributed by atoms with Crippen molar-refractivity contribution in [3.63, 3.8) is 0 Å². The summed E-state index contributed by atoms with van der Waals surface area (Å²) in [5, 5.41) is 0. The molecule has 0 saturated carbocycles. The van der Waals surface area contributed by atoms with Gasteiger partial charge in [-0.2, -0.15) is 0 Å². The van der Waals surface area contributed by atoms with Gasteiger partial charge in [-0.25, -0.2) is 0 Å². The SMILES string of the molecule is CCCCCCCCCc1ccc(OCCOCCOCCOCCOC(=O)C(C)(C)CC)cc1. The molecule has 6 heteroatoms. The molecule has 202 valence electrons. The number of unbranched alkanes of at least 4 members (excludes halogenated alkanes) is 6. The van der Waals surface area contributed by atoms with Crippen LogP contribution in [0, 0.1) is 5.41 Å². The fraction of sp³-hybridized carbons (Fsp3) is 0.759. The number of rotatable bonds is 23. The number of aryl methyl sites for hydroxylation is 1. The van der Waals surface area contributed by atoms with Crippen LogP contribution in [0.1, 0.15) is 84.6 Å². The van der Waals surface area contributed by atoms with Crippen LogP contribution in [0.5, 0.6) is 5.75 Å². The normalized spacial score (nSPS) is 11.5. The van der Waals surface area contributed by atoms with Gasteiger partial charge in [0, 0.05) is 0 Å². The number of esters is 1. The van der Waals surface area contributed by atoms with E-state index in [1.54, 1.807) is 0 Å². The second-order valence-corrected chi connectivity index (χ2v) is 9.57. The van der Waals surface area contributed by atoms with Crippen LogP contribution >= 0.6 is 0 Å². The maximum Gasteiger partial charge on any atom is 0.311 e. The van der Waals surface area contributed by atoms with Gasteiger partial charge in [0.05, 0.1) is 45.1 Å². The molecular weight excluding hydrogens is 444 g/mol. The molecule has 6 nitrogen and oxygen atoms in total. The van der Waals surface area contributed by atoms with Gasteiger partial charge in [-0.3, -0.25) is 4.79 Å². The van der Waals surface area contributed by atoms with Crippen molar-refractivity contribution in [2.45, 2.75) is 85.5 Å². The van der Waals surface area contributed by atoms with E-state index in [0.717, 1.165) is 18.6 Å². The minimum atomic E-state index is -0.439. The van der Waals surface area contributed by atoms with Gasteiger partial charge in [0.1, 0.15) is 19.0 Å². The van der Waals surface area contributed by atoms with Gasteiger partial charge in [0.25, 0.3) is 0 Å². The first-order valence-corrected chi connectivity index (χ1v) is 13.6. The van der Waals surface area contributed by atoms with Crippen molar-refractivity contribution in [2.24, 2.45) is 5.41 Å². The zero-order chi connectivity index (χ0) is 25.6. The lowest BCUT2D eigenvalue weighted by Gasteiger charge is -2.20. The van der Waals surface area contributed by atoms with Crippen molar-refractivity contribution in [1.29, 1.82) is 0 Å². The van der Waals surface area contributed by atoms with Crippen LogP contribution in [-0.4, -0.2) is 58.8 Å². The summed E-state index contributed by atoms with van der Waals surface area (Å²) in [4.78, 5) is 11.8. The Labute approximate surface area is 214 Å². The Morgan fingerprint density at radius 3 is 1.77 bits per heavy atom. The van der Waals surface area contributed by atoms with Crippen LogP contribution in [0.3, 0.4) is 0 Å². The minimum Gasteiger partial charge on any atom is -0.491 e. The molecule has 0 N–H and O–H groups in total. The van der Waals surface area contributed by atoms with Crippen LogP contribution in [-0.2, 0) is 30.2 Å². The maximum absolute atomic E-state index is 11.8. The number of hydrogen-bond acceptors (Lipinski definition) is 6. The molecule has 0 saturated heterocycles. The van der Waals surface area contributed by atoms with E-state index in [1.165, 1.54) is 50.5 Å². The van der Waals surface area contributed by atoms with Crippen LogP contribution in [0.2, 0.25) is 0 Å². The van der Waals surface area contributed by atoms with Crippen molar-refractivity contribution in [2.75, 3.05) is 52.9 Å². The van der Waals surface area contributed by atoms with Gasteiger partial charge in [0.2, 0.25) is 0 Å². The molecule has 0 unspecified atom stereocenters. The number of benzene rings is 1. The molecular formula is C29H50O6. The topological polar surface area (TPSA) is 63.2 Å². The summed E-state index contributed by atoms with van der Waals surface area (Å²) in [6.45, 7) is 11.7. The molecule has 0 atom stereocenters. The van der Waals surface area contributed by atoms with E-state index in [0.29, 0.717) is 46.2 Å². The van der Waals surface area contributed by atoms with Crippen molar-refractivity contribution < 1.29 is 28.5 Å². The summed E-state index contributed by atoms with van der Waals surface area (Å²) < 4.78 is 27.4. The molecule has 1 aromatic rings. The lowest BCUT2D eigenvalue weighted by Crippen LogP contribution is -2.27. The number of carbonyl (C=O) groups excluding carboxylic acids is 1. The van der Waals surface area contributed by atoms with Crippen LogP contribution in [0.15, 0.2) is 24.3 Å². The van der Waals surface area contributed by atoms with E-state index >= 15 is 0 Å². The second-order valence-electron chi connectivity index (χ2n) is 9.57. The highest BCUT2D eigenvalue weighted by molar-refractivity contribution is 5.75. The summed E-state index contributed by atoms with van der Waals surface area (Å²) >= 11 is 0. The highest BCUT2D eigenvalue weighted by atomic mass is 16.6. The molecule has 0 radical (unpaired) electrons. The average molecular weight is 495 g/mol. The molecule has 0 bridgehead atoms. The van der Waals surface area contributed by atoms with Gasteiger partial charge < -0.3 is 23.7 Å². The van der Waals surface area contributed by atoms with E-state index < -0.39 is 5.41 Å². The highest BCUT2D eigenvalue weighted by Crippen LogP contribution is 2.21. The average Bonchev–Trinajstić information content (AvgIpc) is 2.86. The third-order valence-corrected chi connectivity index (χ3v) is 6.13. The van der Waals surface area contributed by atoms with Crippen molar-refractivity contribution in [1.82, 2.24) is 0 Å². The molecule has 0 aliphatic carbocycles. The standard InChI is InChI=1S/C29H50O6/c1-5-7-8-9-10-11-12-13-26-14-16-27(17-15-26)34-24-22-32-20-18-31-19-21-33-23-25-35-28(30)29(3,4)6-2/h14-17H,5-13,18-25H2,1-4H3. The van der Waals surface area contributed by atoms with Gasteiger partial charge >= 0.3 is 5.97 Å². The van der Waals surface area contributed by atoms with E-state index in [9.17, 15) is 4.79 Å². The Morgan fingerprint density at radius 1 is 0.686 bits per heavy atom. The predicted octanol–water partition coefficient (Wildman–Crippen LogP) is 6.39. The molecule has 0 fully saturated rings. The summed E-state index contributed by atoms with van der Waals surface area (Å²) in [6, 6.07) is 8.43. The summed E-state index contributed by atoms with van der Waals surface area (Å²) in [5.41, 5.74) is 0.940. The van der Waals surface area contributed by atoms with E-state index in [1.807, 2.05) is 32.9 Å². The number of ether oxygens (including phenoxy) is 5. The molecule has 35 heavy (non-hydrogen) atoms. The van der Waals surface area contributed by atoms with Crippen molar-refractivity contribution in [3.8, 4) is 5.75 Å². The Bertz CT molecular complexity index is 629. The Hall–Kier alpha value is -1.63. The lowest BCUT2D eigenvalue weighted by atomic mass is 9.91. The van der Waals surface area contributed by atoms with E-state index in [-0.39, 0.29) is 12.6 Å². The number of carbonyl (C=O) groups is 1.